The van der Waals surface area contributed by atoms with Gasteiger partial charge >= 0.3 is 5.69 Å². The summed E-state index contributed by atoms with van der Waals surface area (Å²) in [6.07, 6.45) is 5.62. The van der Waals surface area contributed by atoms with E-state index in [2.05, 4.69) is 20.6 Å². The summed E-state index contributed by atoms with van der Waals surface area (Å²) in [6, 6.07) is 18.5. The predicted octanol–water partition coefficient (Wildman–Crippen LogP) is 4.39. The van der Waals surface area contributed by atoms with E-state index in [1.165, 1.54) is 6.33 Å². The lowest BCUT2D eigenvalue weighted by atomic mass is 9.90. The summed E-state index contributed by atoms with van der Waals surface area (Å²) in [5.41, 5.74) is 7.17. The highest BCUT2D eigenvalue weighted by molar-refractivity contribution is 5.97. The van der Waals surface area contributed by atoms with Crippen LogP contribution in [-0.2, 0) is 4.79 Å². The van der Waals surface area contributed by atoms with Gasteiger partial charge in [-0.1, -0.05) is 25.1 Å². The third-order valence-electron chi connectivity index (χ3n) is 7.65. The number of rotatable bonds is 9. The number of benzene rings is 2. The fraction of sp³-hybridized carbons (Fsp3) is 0.344. The Kier molecular flexibility index (Phi) is 8.59. The first kappa shape index (κ1) is 29.5. The van der Waals surface area contributed by atoms with Crippen LogP contribution in [0.25, 0.3) is 16.9 Å². The standard InChI is InChI=1S/C32H36N8O3/c1-4-37-32(2,3)18-21(19-33)30(41)38-22-10-12-24(13-11-22)40-29-27(28(34)35-20-36-29)39(31(40)42)23-14-16-26(17-15-23)43-25-8-6-5-7-9-25/h5-9,14-18,20,22,24,37H,4,10-13H2,1-3H3,(H,38,41)(H2,34,35,36). The summed E-state index contributed by atoms with van der Waals surface area (Å²) in [6.45, 7) is 6.53. The van der Waals surface area contributed by atoms with E-state index < -0.39 is 5.54 Å². The molecule has 1 amide bonds. The molecule has 1 aliphatic rings. The van der Waals surface area contributed by atoms with E-state index >= 15 is 0 Å². The Morgan fingerprint density at radius 1 is 1.09 bits per heavy atom. The highest BCUT2D eigenvalue weighted by Gasteiger charge is 2.30. The molecule has 0 radical (unpaired) electrons. The van der Waals surface area contributed by atoms with E-state index in [4.69, 9.17) is 10.5 Å². The second kappa shape index (κ2) is 12.5. The molecule has 0 bridgehead atoms. The fourth-order valence-electron chi connectivity index (χ4n) is 5.68. The first-order valence-corrected chi connectivity index (χ1v) is 14.5. The lowest BCUT2D eigenvalue weighted by molar-refractivity contribution is -0.118. The lowest BCUT2D eigenvalue weighted by Gasteiger charge is -2.29. The zero-order valence-corrected chi connectivity index (χ0v) is 24.6. The number of hydrogen-bond donors (Lipinski definition) is 3. The molecule has 4 N–H and O–H groups in total. The van der Waals surface area contributed by atoms with Gasteiger partial charge in [-0.2, -0.15) is 5.26 Å². The van der Waals surface area contributed by atoms with Crippen LogP contribution in [-0.4, -0.2) is 43.1 Å². The van der Waals surface area contributed by atoms with Crippen LogP contribution < -0.4 is 26.8 Å². The van der Waals surface area contributed by atoms with Gasteiger partial charge in [0.2, 0.25) is 0 Å². The predicted molar refractivity (Wildman–Crippen MR) is 165 cm³/mol. The summed E-state index contributed by atoms with van der Waals surface area (Å²) in [5, 5.41) is 15.9. The second-order valence-electron chi connectivity index (χ2n) is 11.2. The molecule has 1 aliphatic carbocycles. The third kappa shape index (κ3) is 6.44. The highest BCUT2D eigenvalue weighted by Crippen LogP contribution is 2.32. The second-order valence-corrected chi connectivity index (χ2v) is 11.2. The van der Waals surface area contributed by atoms with Gasteiger partial charge < -0.3 is 21.1 Å². The molecule has 4 aromatic rings. The number of ether oxygens (including phenoxy) is 1. The van der Waals surface area contributed by atoms with Crippen molar-refractivity contribution in [1.82, 2.24) is 29.7 Å². The number of carbonyl (C=O) groups excluding carboxylic acids is 1. The summed E-state index contributed by atoms with van der Waals surface area (Å²) in [4.78, 5) is 35.5. The van der Waals surface area contributed by atoms with Gasteiger partial charge in [0, 0.05) is 17.6 Å². The fourth-order valence-corrected chi connectivity index (χ4v) is 5.68. The first-order valence-electron chi connectivity index (χ1n) is 14.5. The lowest BCUT2D eigenvalue weighted by Crippen LogP contribution is -2.41. The molecule has 2 aromatic heterocycles. The molecule has 0 saturated heterocycles. The molecular formula is C32H36N8O3. The molecule has 11 heteroatoms. The Hall–Kier alpha value is -4.95. The number of nitriles is 1. The van der Waals surface area contributed by atoms with Crippen LogP contribution in [0.2, 0.25) is 0 Å². The largest absolute Gasteiger partial charge is 0.457 e. The van der Waals surface area contributed by atoms with E-state index in [0.717, 1.165) is 0 Å². The summed E-state index contributed by atoms with van der Waals surface area (Å²) in [5.74, 6) is 1.18. The summed E-state index contributed by atoms with van der Waals surface area (Å²) >= 11 is 0. The number of anilines is 1. The smallest absolute Gasteiger partial charge is 0.335 e. The molecule has 2 aromatic carbocycles. The molecule has 5 rings (SSSR count). The number of para-hydroxylation sites is 1. The maximum atomic E-state index is 13.9. The van der Waals surface area contributed by atoms with Crippen molar-refractivity contribution in [3.05, 3.63) is 83.1 Å². The number of imidazole rings is 1. The first-order chi connectivity index (χ1) is 20.7. The minimum Gasteiger partial charge on any atom is -0.457 e. The molecule has 0 unspecified atom stereocenters. The number of carbonyl (C=O) groups is 1. The number of hydrogen-bond acceptors (Lipinski definition) is 8. The average Bonchev–Trinajstić information content (AvgIpc) is 3.30. The summed E-state index contributed by atoms with van der Waals surface area (Å²) in [7, 11) is 0. The molecule has 222 valence electrons. The Labute approximate surface area is 250 Å². The van der Waals surface area contributed by atoms with Gasteiger partial charge in [-0.15, -0.1) is 0 Å². The normalized spacial score (nSPS) is 17.4. The molecule has 0 spiro atoms. The number of likely N-dealkylation sites (N-methyl/N-ethyl adjacent to an activating group) is 1. The van der Waals surface area contributed by atoms with E-state index in [0.29, 0.717) is 60.6 Å². The minimum atomic E-state index is -0.483. The van der Waals surface area contributed by atoms with Crippen LogP contribution in [0.4, 0.5) is 5.82 Å². The van der Waals surface area contributed by atoms with Crippen LogP contribution in [0.1, 0.15) is 52.5 Å². The zero-order chi connectivity index (χ0) is 30.6. The van der Waals surface area contributed by atoms with Gasteiger partial charge in [-0.05, 0) is 88.5 Å². The number of amides is 1. The maximum Gasteiger partial charge on any atom is 0.335 e. The Balaban J connectivity index is 1.35. The van der Waals surface area contributed by atoms with Crippen LogP contribution in [0.3, 0.4) is 0 Å². The van der Waals surface area contributed by atoms with E-state index in [1.807, 2.05) is 57.2 Å². The highest BCUT2D eigenvalue weighted by atomic mass is 16.5. The SMILES string of the molecule is CCNC(C)(C)C=C(C#N)C(=O)NC1CCC(n2c(=O)n(-c3ccc(Oc4ccccc4)cc3)c3c(N)ncnc32)CC1. The van der Waals surface area contributed by atoms with Crippen molar-refractivity contribution >= 4 is 22.9 Å². The van der Waals surface area contributed by atoms with Crippen LogP contribution in [0.5, 0.6) is 11.5 Å². The molecule has 0 aliphatic heterocycles. The van der Waals surface area contributed by atoms with Gasteiger partial charge in [0.15, 0.2) is 11.5 Å². The van der Waals surface area contributed by atoms with Gasteiger partial charge in [0.1, 0.15) is 35.0 Å². The molecular weight excluding hydrogens is 544 g/mol. The monoisotopic (exact) mass is 580 g/mol. The van der Waals surface area contributed by atoms with Crippen molar-refractivity contribution in [2.75, 3.05) is 12.3 Å². The molecule has 2 heterocycles. The average molecular weight is 581 g/mol. The maximum absolute atomic E-state index is 13.9. The number of fused-ring (bicyclic) bond motifs is 1. The van der Waals surface area contributed by atoms with Crippen LogP contribution >= 0.6 is 0 Å². The van der Waals surface area contributed by atoms with E-state index in [1.54, 1.807) is 39.5 Å². The molecule has 43 heavy (non-hydrogen) atoms. The van der Waals surface area contributed by atoms with Crippen LogP contribution in [0.15, 0.2) is 77.4 Å². The van der Waals surface area contributed by atoms with Gasteiger partial charge in [0.25, 0.3) is 5.91 Å². The Morgan fingerprint density at radius 3 is 2.42 bits per heavy atom. The Morgan fingerprint density at radius 2 is 1.77 bits per heavy atom. The number of nitrogens with zero attached hydrogens (tertiary/aromatic N) is 5. The van der Waals surface area contributed by atoms with Crippen LogP contribution in [0, 0.1) is 11.3 Å². The van der Waals surface area contributed by atoms with E-state index in [-0.39, 0.29) is 35.1 Å². The number of nitrogens with one attached hydrogen (secondary N) is 2. The van der Waals surface area contributed by atoms with Crippen molar-refractivity contribution in [3.63, 3.8) is 0 Å². The van der Waals surface area contributed by atoms with Gasteiger partial charge in [-0.25, -0.2) is 14.8 Å². The van der Waals surface area contributed by atoms with Gasteiger partial charge in [0.05, 0.1) is 5.69 Å². The van der Waals surface area contributed by atoms with Gasteiger partial charge in [-0.3, -0.25) is 13.9 Å². The molecule has 11 nitrogen and oxygen atoms in total. The van der Waals surface area contributed by atoms with Crippen molar-refractivity contribution in [1.29, 1.82) is 5.26 Å². The number of aromatic nitrogens is 4. The van der Waals surface area contributed by atoms with E-state index in [9.17, 15) is 14.9 Å². The zero-order valence-electron chi connectivity index (χ0n) is 24.6. The van der Waals surface area contributed by atoms with Crippen molar-refractivity contribution in [2.24, 2.45) is 0 Å². The minimum absolute atomic E-state index is 0.0831. The Bertz CT molecular complexity index is 1720. The number of nitrogens with two attached hydrogens (primary N) is 1. The summed E-state index contributed by atoms with van der Waals surface area (Å²) < 4.78 is 9.14. The third-order valence-corrected chi connectivity index (χ3v) is 7.65. The topological polar surface area (TPSA) is 153 Å². The quantitative estimate of drug-likeness (QED) is 0.195. The number of nitrogen functional groups attached to an aromatic ring is 1. The molecule has 0 atom stereocenters. The molecule has 1 saturated carbocycles. The van der Waals surface area contributed by atoms with Crippen molar-refractivity contribution in [2.45, 2.75) is 64.1 Å². The molecule has 1 fully saturated rings. The van der Waals surface area contributed by atoms with Crippen molar-refractivity contribution < 1.29 is 9.53 Å². The van der Waals surface area contributed by atoms with Crippen molar-refractivity contribution in [3.8, 4) is 23.3 Å².